The van der Waals surface area contributed by atoms with Crippen LogP contribution >= 0.6 is 0 Å². The Morgan fingerprint density at radius 2 is 2.36 bits per heavy atom. The molecule has 7 nitrogen and oxygen atoms in total. The predicted molar refractivity (Wildman–Crippen MR) is 97.6 cm³/mol. The summed E-state index contributed by atoms with van der Waals surface area (Å²) in [6, 6.07) is 3.78. The van der Waals surface area contributed by atoms with Gasteiger partial charge in [0.2, 0.25) is 0 Å². The molecule has 7 heteroatoms. The lowest BCUT2D eigenvalue weighted by atomic mass is 9.97. The maximum Gasteiger partial charge on any atom is 0.317 e. The van der Waals surface area contributed by atoms with Crippen molar-refractivity contribution in [2.24, 2.45) is 5.73 Å². The van der Waals surface area contributed by atoms with Crippen LogP contribution in [-0.4, -0.2) is 53.8 Å². The van der Waals surface area contributed by atoms with Crippen molar-refractivity contribution in [3.63, 3.8) is 0 Å². The molecule has 0 saturated carbocycles. The van der Waals surface area contributed by atoms with Crippen LogP contribution in [0.3, 0.4) is 0 Å². The average molecular weight is 342 g/mol. The lowest BCUT2D eigenvalue weighted by Gasteiger charge is -2.32. The van der Waals surface area contributed by atoms with Gasteiger partial charge in [0.25, 0.3) is 0 Å². The molecule has 1 aromatic rings. The molecule has 5 N–H and O–H groups in total. The number of piperidine rings is 1. The van der Waals surface area contributed by atoms with Crippen LogP contribution < -0.4 is 16.4 Å². The fraction of sp³-hybridized carbons (Fsp3) is 0.500. The van der Waals surface area contributed by atoms with Gasteiger partial charge in [-0.15, -0.1) is 0 Å². The van der Waals surface area contributed by atoms with Crippen molar-refractivity contribution < 1.29 is 4.79 Å². The lowest BCUT2D eigenvalue weighted by Crippen LogP contribution is -2.52. The second-order valence-corrected chi connectivity index (χ2v) is 6.73. The van der Waals surface area contributed by atoms with Crippen LogP contribution in [0.1, 0.15) is 30.5 Å². The van der Waals surface area contributed by atoms with Gasteiger partial charge in [0.15, 0.2) is 0 Å². The molecule has 0 radical (unpaired) electrons. The number of carbonyl (C=O) groups excluding carboxylic acids is 1. The van der Waals surface area contributed by atoms with Crippen LogP contribution in [0.15, 0.2) is 29.6 Å². The second-order valence-electron chi connectivity index (χ2n) is 6.73. The Labute approximate surface area is 148 Å². The Bertz CT molecular complexity index is 693. The molecule has 25 heavy (non-hydrogen) atoms. The minimum absolute atomic E-state index is 0.0718. The number of urea groups is 1. The fourth-order valence-corrected chi connectivity index (χ4v) is 3.31. The summed E-state index contributed by atoms with van der Waals surface area (Å²) >= 11 is 0. The molecule has 3 rings (SSSR count). The van der Waals surface area contributed by atoms with E-state index in [1.165, 1.54) is 0 Å². The van der Waals surface area contributed by atoms with Crippen LogP contribution in [0, 0.1) is 12.3 Å². The maximum absolute atomic E-state index is 12.6. The molecule has 1 saturated heterocycles. The normalized spacial score (nSPS) is 21.2. The van der Waals surface area contributed by atoms with E-state index in [1.807, 2.05) is 19.1 Å². The van der Waals surface area contributed by atoms with Gasteiger partial charge >= 0.3 is 6.03 Å². The molecule has 1 aromatic heterocycles. The number of rotatable bonds is 3. The number of pyridine rings is 1. The quantitative estimate of drug-likeness (QED) is 0.618. The van der Waals surface area contributed by atoms with Crippen molar-refractivity contribution in [1.29, 1.82) is 5.41 Å². The van der Waals surface area contributed by atoms with E-state index in [1.54, 1.807) is 11.1 Å². The molecule has 0 bridgehead atoms. The van der Waals surface area contributed by atoms with Gasteiger partial charge in [-0.2, -0.15) is 0 Å². The third-order valence-electron chi connectivity index (χ3n) is 4.79. The van der Waals surface area contributed by atoms with Gasteiger partial charge in [-0.25, -0.2) is 4.79 Å². The number of nitrogens with zero attached hydrogens (tertiary/aromatic N) is 2. The highest BCUT2D eigenvalue weighted by Crippen LogP contribution is 2.19. The Balaban J connectivity index is 1.68. The van der Waals surface area contributed by atoms with Crippen molar-refractivity contribution in [1.82, 2.24) is 20.5 Å². The Hall–Kier alpha value is -2.41. The number of amides is 2. The standard InChI is InChI=1S/C18H26N6O/c1-12-9-13(4-7-22-12)17(20)15-11-24(8-5-16(15)19)18(25)23-14-3-2-6-21-10-14/h4,7,9,14,20-21H,2-3,5-6,8,10-11,19H2,1H3,(H,23,25). The molecule has 0 spiro atoms. The second kappa shape index (κ2) is 7.65. The van der Waals surface area contributed by atoms with Gasteiger partial charge in [-0.3, -0.25) is 10.4 Å². The molecule has 3 heterocycles. The number of aryl methyl sites for hydroxylation is 1. The highest BCUT2D eigenvalue weighted by atomic mass is 16.2. The Morgan fingerprint density at radius 3 is 3.08 bits per heavy atom. The van der Waals surface area contributed by atoms with Crippen LogP contribution in [0.4, 0.5) is 4.79 Å². The lowest BCUT2D eigenvalue weighted by molar-refractivity contribution is 0.194. The number of nitrogens with two attached hydrogens (primary N) is 1. The van der Waals surface area contributed by atoms with E-state index in [2.05, 4.69) is 15.6 Å². The maximum atomic E-state index is 12.6. The van der Waals surface area contributed by atoms with Crippen molar-refractivity contribution in [2.45, 2.75) is 32.2 Å². The van der Waals surface area contributed by atoms with E-state index in [4.69, 9.17) is 11.1 Å². The van der Waals surface area contributed by atoms with E-state index in [0.717, 1.165) is 42.8 Å². The monoisotopic (exact) mass is 342 g/mol. The zero-order chi connectivity index (χ0) is 17.8. The summed E-state index contributed by atoms with van der Waals surface area (Å²) in [6.07, 6.45) is 4.37. The Morgan fingerprint density at radius 1 is 1.52 bits per heavy atom. The molecule has 2 aliphatic rings. The SMILES string of the molecule is Cc1cc(C(=N)C2=C(N)CCN(C(=O)NC3CCCNC3)C2)ccn1. The summed E-state index contributed by atoms with van der Waals surface area (Å²) in [5, 5.41) is 14.9. The van der Waals surface area contributed by atoms with Crippen molar-refractivity contribution >= 4 is 11.7 Å². The Kier molecular flexibility index (Phi) is 5.33. The molecule has 2 aliphatic heterocycles. The molecule has 0 aromatic carbocycles. The summed E-state index contributed by atoms with van der Waals surface area (Å²) in [6.45, 7) is 4.69. The van der Waals surface area contributed by atoms with Crippen LogP contribution in [0.2, 0.25) is 0 Å². The van der Waals surface area contributed by atoms with Crippen molar-refractivity contribution in [3.8, 4) is 0 Å². The van der Waals surface area contributed by atoms with Crippen LogP contribution in [0.25, 0.3) is 0 Å². The van der Waals surface area contributed by atoms with E-state index in [-0.39, 0.29) is 12.1 Å². The smallest absolute Gasteiger partial charge is 0.317 e. The third kappa shape index (κ3) is 4.17. The first-order valence-electron chi connectivity index (χ1n) is 8.80. The van der Waals surface area contributed by atoms with Crippen molar-refractivity contribution in [2.75, 3.05) is 26.2 Å². The van der Waals surface area contributed by atoms with Crippen LogP contribution in [0.5, 0.6) is 0 Å². The summed E-state index contributed by atoms with van der Waals surface area (Å²) in [5.74, 6) is 0. The van der Waals surface area contributed by atoms with Gasteiger partial charge < -0.3 is 21.3 Å². The highest BCUT2D eigenvalue weighted by Gasteiger charge is 2.26. The predicted octanol–water partition coefficient (Wildman–Crippen LogP) is 1.14. The number of hydrogen-bond donors (Lipinski definition) is 4. The third-order valence-corrected chi connectivity index (χ3v) is 4.79. The zero-order valence-electron chi connectivity index (χ0n) is 14.6. The van der Waals surface area contributed by atoms with E-state index >= 15 is 0 Å². The van der Waals surface area contributed by atoms with Gasteiger partial charge in [0, 0.05) is 54.3 Å². The number of nitrogens with one attached hydrogen (secondary N) is 3. The molecular formula is C18H26N6O. The average Bonchev–Trinajstić information content (AvgIpc) is 2.62. The van der Waals surface area contributed by atoms with Crippen LogP contribution in [-0.2, 0) is 0 Å². The van der Waals surface area contributed by atoms with Gasteiger partial charge in [0.05, 0.1) is 12.3 Å². The minimum Gasteiger partial charge on any atom is -0.402 e. The summed E-state index contributed by atoms with van der Waals surface area (Å²) in [5.41, 5.74) is 9.60. The summed E-state index contributed by atoms with van der Waals surface area (Å²) in [4.78, 5) is 18.5. The van der Waals surface area contributed by atoms with E-state index in [9.17, 15) is 4.79 Å². The molecule has 134 valence electrons. The van der Waals surface area contributed by atoms with Crippen molar-refractivity contribution in [3.05, 3.63) is 40.9 Å². The zero-order valence-corrected chi connectivity index (χ0v) is 14.6. The van der Waals surface area contributed by atoms with E-state index < -0.39 is 0 Å². The number of hydrogen-bond acceptors (Lipinski definition) is 5. The minimum atomic E-state index is -0.0718. The molecule has 0 aliphatic carbocycles. The van der Waals surface area contributed by atoms with Gasteiger partial charge in [0.1, 0.15) is 0 Å². The molecular weight excluding hydrogens is 316 g/mol. The molecule has 1 atom stereocenters. The largest absolute Gasteiger partial charge is 0.402 e. The fourth-order valence-electron chi connectivity index (χ4n) is 3.31. The molecule has 2 amide bonds. The first-order chi connectivity index (χ1) is 12.0. The highest BCUT2D eigenvalue weighted by molar-refractivity contribution is 6.11. The first-order valence-corrected chi connectivity index (χ1v) is 8.80. The van der Waals surface area contributed by atoms with Gasteiger partial charge in [-0.1, -0.05) is 0 Å². The molecule has 1 fully saturated rings. The van der Waals surface area contributed by atoms with Gasteiger partial charge in [-0.05, 0) is 38.4 Å². The van der Waals surface area contributed by atoms with E-state index in [0.29, 0.717) is 30.9 Å². The topological polar surface area (TPSA) is 107 Å². The summed E-state index contributed by atoms with van der Waals surface area (Å²) in [7, 11) is 0. The number of aromatic nitrogens is 1. The first kappa shape index (κ1) is 17.4. The summed E-state index contributed by atoms with van der Waals surface area (Å²) < 4.78 is 0. The number of carbonyl (C=O) groups is 1. The molecule has 1 unspecified atom stereocenters.